The minimum Gasteiger partial charge on any atom is -0.391 e. The van der Waals surface area contributed by atoms with Crippen LogP contribution in [0.1, 0.15) is 25.7 Å². The Bertz CT molecular complexity index is 158. The summed E-state index contributed by atoms with van der Waals surface area (Å²) in [7, 11) is 2.04. The van der Waals surface area contributed by atoms with Crippen molar-refractivity contribution in [1.82, 2.24) is 5.32 Å². The quantitative estimate of drug-likeness (QED) is 0.559. The first-order valence-electron chi connectivity index (χ1n) is 3.79. The number of hydrogen-bond donors (Lipinski definition) is 1. The van der Waals surface area contributed by atoms with Gasteiger partial charge in [-0.3, -0.25) is 0 Å². The average Bonchev–Trinajstić information content (AvgIpc) is 2.45. The molecule has 1 saturated carbocycles. The molecule has 0 aliphatic heterocycles. The van der Waals surface area contributed by atoms with Crippen LogP contribution in [0.2, 0.25) is 0 Å². The van der Waals surface area contributed by atoms with E-state index in [-0.39, 0.29) is 0 Å². The highest BCUT2D eigenvalue weighted by Crippen LogP contribution is 2.42. The summed E-state index contributed by atoms with van der Waals surface area (Å²) >= 11 is 0. The van der Waals surface area contributed by atoms with E-state index in [1.807, 2.05) is 7.05 Å². The van der Waals surface area contributed by atoms with Crippen molar-refractivity contribution in [2.45, 2.75) is 25.7 Å². The average molecular weight is 123 g/mol. The fourth-order valence-electron chi connectivity index (χ4n) is 2.09. The van der Waals surface area contributed by atoms with E-state index < -0.39 is 0 Å². The predicted octanol–water partition coefficient (Wildman–Crippen LogP) is 1.66. The maximum Gasteiger partial charge on any atom is 0.00989 e. The van der Waals surface area contributed by atoms with Crippen LogP contribution in [-0.4, -0.2) is 7.05 Å². The molecule has 2 rings (SSSR count). The molecule has 0 radical (unpaired) electrons. The van der Waals surface area contributed by atoms with Crippen molar-refractivity contribution in [3.8, 4) is 0 Å². The topological polar surface area (TPSA) is 12.0 Å². The standard InChI is InChI=1S/C8H13N/c1-9-8-5-6-2-3-7(8)4-6/h6,9H,2-5H2,1H3. The van der Waals surface area contributed by atoms with Crippen LogP contribution in [0.15, 0.2) is 11.3 Å². The largest absolute Gasteiger partial charge is 0.391 e. The molecule has 0 aromatic heterocycles. The van der Waals surface area contributed by atoms with Crippen LogP contribution in [0.25, 0.3) is 0 Å². The molecular weight excluding hydrogens is 110 g/mol. The van der Waals surface area contributed by atoms with Crippen LogP contribution in [0.5, 0.6) is 0 Å². The lowest BCUT2D eigenvalue weighted by atomic mass is 10.0. The summed E-state index contributed by atoms with van der Waals surface area (Å²) in [6.45, 7) is 0. The Balaban J connectivity index is 2.22. The molecule has 0 spiro atoms. The van der Waals surface area contributed by atoms with Crippen LogP contribution in [-0.2, 0) is 0 Å². The molecule has 1 N–H and O–H groups in total. The summed E-state index contributed by atoms with van der Waals surface area (Å²) in [5, 5.41) is 3.27. The highest BCUT2D eigenvalue weighted by atomic mass is 14.8. The van der Waals surface area contributed by atoms with E-state index in [9.17, 15) is 0 Å². The fraction of sp³-hybridized carbons (Fsp3) is 0.750. The van der Waals surface area contributed by atoms with Gasteiger partial charge in [0.15, 0.2) is 0 Å². The molecule has 2 bridgehead atoms. The van der Waals surface area contributed by atoms with E-state index in [0.29, 0.717) is 0 Å². The van der Waals surface area contributed by atoms with Gasteiger partial charge in [0.1, 0.15) is 0 Å². The molecular formula is C8H13N. The van der Waals surface area contributed by atoms with Gasteiger partial charge in [0.05, 0.1) is 0 Å². The summed E-state index contributed by atoms with van der Waals surface area (Å²) in [6, 6.07) is 0. The molecule has 1 unspecified atom stereocenters. The van der Waals surface area contributed by atoms with Gasteiger partial charge in [-0.1, -0.05) is 5.57 Å². The molecule has 1 atom stereocenters. The van der Waals surface area contributed by atoms with Crippen molar-refractivity contribution < 1.29 is 0 Å². The molecule has 1 nitrogen and oxygen atoms in total. The SMILES string of the molecule is CNC1=C2CCC(C2)C1. The Morgan fingerprint density at radius 2 is 2.33 bits per heavy atom. The van der Waals surface area contributed by atoms with E-state index in [2.05, 4.69) is 5.32 Å². The maximum atomic E-state index is 3.27. The highest BCUT2D eigenvalue weighted by Gasteiger charge is 2.29. The molecule has 0 aromatic carbocycles. The first-order chi connectivity index (χ1) is 4.40. The lowest BCUT2D eigenvalue weighted by molar-refractivity contribution is 0.550. The summed E-state index contributed by atoms with van der Waals surface area (Å²) in [5.74, 6) is 1.02. The smallest absolute Gasteiger partial charge is 0.00989 e. The molecule has 50 valence electrons. The van der Waals surface area contributed by atoms with Gasteiger partial charge in [-0.25, -0.2) is 0 Å². The first-order valence-corrected chi connectivity index (χ1v) is 3.79. The summed E-state index contributed by atoms with van der Waals surface area (Å²) in [6.07, 6.45) is 5.57. The normalized spacial score (nSPS) is 31.9. The van der Waals surface area contributed by atoms with Gasteiger partial charge in [0.2, 0.25) is 0 Å². The number of rotatable bonds is 1. The molecule has 0 saturated heterocycles. The van der Waals surface area contributed by atoms with Crippen molar-refractivity contribution in [2.75, 3.05) is 7.05 Å². The number of nitrogens with one attached hydrogen (secondary N) is 1. The van der Waals surface area contributed by atoms with Crippen molar-refractivity contribution in [1.29, 1.82) is 0 Å². The van der Waals surface area contributed by atoms with E-state index in [1.165, 1.54) is 25.7 Å². The second kappa shape index (κ2) is 1.76. The lowest BCUT2D eigenvalue weighted by Crippen LogP contribution is -2.08. The van der Waals surface area contributed by atoms with Crippen LogP contribution in [0.4, 0.5) is 0 Å². The summed E-state index contributed by atoms with van der Waals surface area (Å²) in [5.41, 5.74) is 3.26. The Kier molecular flexibility index (Phi) is 1.04. The predicted molar refractivity (Wildman–Crippen MR) is 38.0 cm³/mol. The van der Waals surface area contributed by atoms with Gasteiger partial charge >= 0.3 is 0 Å². The van der Waals surface area contributed by atoms with Crippen molar-refractivity contribution >= 4 is 0 Å². The van der Waals surface area contributed by atoms with Gasteiger partial charge in [0.25, 0.3) is 0 Å². The van der Waals surface area contributed by atoms with Gasteiger partial charge in [0, 0.05) is 12.7 Å². The monoisotopic (exact) mass is 123 g/mol. The minimum absolute atomic E-state index is 1.02. The number of fused-ring (bicyclic) bond motifs is 2. The van der Waals surface area contributed by atoms with Gasteiger partial charge in [-0.05, 0) is 31.6 Å². The second-order valence-corrected chi connectivity index (χ2v) is 3.15. The van der Waals surface area contributed by atoms with E-state index in [0.717, 1.165) is 5.92 Å². The second-order valence-electron chi connectivity index (χ2n) is 3.15. The third-order valence-corrected chi connectivity index (χ3v) is 2.61. The van der Waals surface area contributed by atoms with Crippen LogP contribution >= 0.6 is 0 Å². The van der Waals surface area contributed by atoms with E-state index in [4.69, 9.17) is 0 Å². The molecule has 0 aromatic rings. The molecule has 1 heteroatoms. The van der Waals surface area contributed by atoms with Gasteiger partial charge in [-0.15, -0.1) is 0 Å². The Morgan fingerprint density at radius 1 is 1.44 bits per heavy atom. The number of hydrogen-bond acceptors (Lipinski definition) is 1. The van der Waals surface area contributed by atoms with Crippen molar-refractivity contribution in [3.63, 3.8) is 0 Å². The van der Waals surface area contributed by atoms with Crippen molar-refractivity contribution in [2.24, 2.45) is 5.92 Å². The Morgan fingerprint density at radius 3 is 2.67 bits per heavy atom. The van der Waals surface area contributed by atoms with Crippen molar-refractivity contribution in [3.05, 3.63) is 11.3 Å². The highest BCUT2D eigenvalue weighted by molar-refractivity contribution is 5.23. The summed E-state index contributed by atoms with van der Waals surface area (Å²) in [4.78, 5) is 0. The minimum atomic E-state index is 1.02. The zero-order valence-corrected chi connectivity index (χ0v) is 5.91. The zero-order valence-electron chi connectivity index (χ0n) is 5.91. The summed E-state index contributed by atoms with van der Waals surface area (Å²) < 4.78 is 0. The maximum absolute atomic E-state index is 3.27. The lowest BCUT2D eigenvalue weighted by Gasteiger charge is -2.10. The zero-order chi connectivity index (χ0) is 6.27. The van der Waals surface area contributed by atoms with Crippen LogP contribution < -0.4 is 5.32 Å². The first kappa shape index (κ1) is 5.33. The molecule has 2 aliphatic carbocycles. The Hall–Kier alpha value is -0.460. The molecule has 9 heavy (non-hydrogen) atoms. The molecule has 0 heterocycles. The van der Waals surface area contributed by atoms with Crippen LogP contribution in [0.3, 0.4) is 0 Å². The number of allylic oxidation sites excluding steroid dienone is 2. The molecule has 1 fully saturated rings. The van der Waals surface area contributed by atoms with Gasteiger partial charge < -0.3 is 5.32 Å². The van der Waals surface area contributed by atoms with Crippen LogP contribution in [0, 0.1) is 5.92 Å². The molecule has 0 amide bonds. The molecule has 2 aliphatic rings. The van der Waals surface area contributed by atoms with E-state index >= 15 is 0 Å². The Labute approximate surface area is 56.1 Å². The third-order valence-electron chi connectivity index (χ3n) is 2.61. The third kappa shape index (κ3) is 0.673. The van der Waals surface area contributed by atoms with Gasteiger partial charge in [-0.2, -0.15) is 0 Å². The fourth-order valence-corrected chi connectivity index (χ4v) is 2.09. The van der Waals surface area contributed by atoms with E-state index in [1.54, 1.807) is 11.3 Å².